The molecule has 0 aliphatic heterocycles. The first-order chi connectivity index (χ1) is 24.8. The summed E-state index contributed by atoms with van der Waals surface area (Å²) in [6, 6.07) is 12.2. The van der Waals surface area contributed by atoms with Crippen LogP contribution in [-0.2, 0) is 20.6 Å². The van der Waals surface area contributed by atoms with E-state index in [-0.39, 0.29) is 28.3 Å². The van der Waals surface area contributed by atoms with E-state index in [1.165, 1.54) is 33.6 Å². The molecule has 1 atom stereocenters. The Labute approximate surface area is 307 Å². The average molecular weight is 765 g/mol. The summed E-state index contributed by atoms with van der Waals surface area (Å²) in [4.78, 5) is 33.5. The Hall–Kier alpha value is -5.42. The summed E-state index contributed by atoms with van der Waals surface area (Å²) in [7, 11) is -4.35. The molecule has 2 N–H and O–H groups in total. The molecule has 17 heteroatoms. The monoisotopic (exact) mass is 764 g/mol. The highest BCUT2D eigenvalue weighted by atomic mass is 32.2. The summed E-state index contributed by atoms with van der Waals surface area (Å²) < 4.78 is 66.0. The zero-order chi connectivity index (χ0) is 38.7. The molecule has 0 fully saturated rings. The second-order valence-electron chi connectivity index (χ2n) is 13.7. The van der Waals surface area contributed by atoms with E-state index in [1.54, 1.807) is 95.4 Å². The van der Waals surface area contributed by atoms with Crippen LogP contribution in [0.3, 0.4) is 0 Å². The third kappa shape index (κ3) is 9.72. The van der Waals surface area contributed by atoms with Gasteiger partial charge >= 0.3 is 0 Å². The van der Waals surface area contributed by atoms with Crippen LogP contribution in [0.5, 0.6) is 0 Å². The van der Waals surface area contributed by atoms with Crippen molar-refractivity contribution in [3.05, 3.63) is 108 Å². The molecule has 0 radical (unpaired) electrons. The molecule has 0 bridgehead atoms. The lowest BCUT2D eigenvalue weighted by atomic mass is 10.1. The minimum Gasteiger partial charge on any atom is -0.346 e. The first-order valence-electron chi connectivity index (χ1n) is 16.1. The predicted molar refractivity (Wildman–Crippen MR) is 199 cm³/mol. The Balaban J connectivity index is 0.000000204. The summed E-state index contributed by atoms with van der Waals surface area (Å²) in [5.74, 6) is -1.83. The van der Waals surface area contributed by atoms with Gasteiger partial charge in [0.2, 0.25) is 0 Å². The van der Waals surface area contributed by atoms with E-state index in [1.807, 2.05) is 0 Å². The van der Waals surface area contributed by atoms with Gasteiger partial charge in [0.25, 0.3) is 11.8 Å². The minimum atomic E-state index is -3.29. The van der Waals surface area contributed by atoms with Crippen LogP contribution in [0, 0.1) is 11.6 Å². The largest absolute Gasteiger partial charge is 0.346 e. The molecule has 2 aromatic carbocycles. The molecule has 2 amide bonds. The minimum absolute atomic E-state index is 0.0485. The standard InChI is InChI=1S/C18H19FN4O3S.C18H19FN4O2S/c1-18(2,11-27(3,25)26)21-17(24)13-6-7-15(19)16-14(13)10-23(22-16)12-5-4-8-20-9-12;1-18(2,11-26(3)25)21-17(24)13-6-7-15(19)16-14(13)10-23(22-16)12-5-4-8-20-9-12/h4-10H,11H2,1-3H3,(H,21,24);4-10H,11H2,1-3H3,(H,21,24). The van der Waals surface area contributed by atoms with Crippen molar-refractivity contribution in [1.29, 1.82) is 0 Å². The van der Waals surface area contributed by atoms with Gasteiger partial charge in [0, 0.05) is 75.7 Å². The van der Waals surface area contributed by atoms with Crippen LogP contribution >= 0.6 is 0 Å². The van der Waals surface area contributed by atoms with Crippen LogP contribution in [0.2, 0.25) is 0 Å². The van der Waals surface area contributed by atoms with E-state index >= 15 is 0 Å². The van der Waals surface area contributed by atoms with Gasteiger partial charge in [0.15, 0.2) is 11.6 Å². The number of rotatable bonds is 10. The molecule has 1 unspecified atom stereocenters. The fourth-order valence-electron chi connectivity index (χ4n) is 5.77. The zero-order valence-electron chi connectivity index (χ0n) is 29.8. The number of hydrogen-bond acceptors (Lipinski definition) is 9. The molecule has 0 spiro atoms. The molecule has 6 rings (SSSR count). The second kappa shape index (κ2) is 15.3. The summed E-state index contributed by atoms with van der Waals surface area (Å²) in [5, 5.41) is 14.7. The van der Waals surface area contributed by atoms with Gasteiger partial charge in [0.1, 0.15) is 20.9 Å². The summed E-state index contributed by atoms with van der Waals surface area (Å²) >= 11 is 0. The van der Waals surface area contributed by atoms with Crippen molar-refractivity contribution >= 4 is 54.3 Å². The maximum Gasteiger partial charge on any atom is 0.252 e. The number of nitrogens with zero attached hydrogens (tertiary/aromatic N) is 6. The van der Waals surface area contributed by atoms with Gasteiger partial charge in [-0.05, 0) is 76.2 Å². The predicted octanol–water partition coefficient (Wildman–Crippen LogP) is 4.56. The Bertz CT molecular complexity index is 2430. The molecule has 4 aromatic heterocycles. The first kappa shape index (κ1) is 38.8. The van der Waals surface area contributed by atoms with Crippen LogP contribution in [0.4, 0.5) is 8.78 Å². The zero-order valence-corrected chi connectivity index (χ0v) is 31.4. The number of carbonyl (C=O) groups excluding carboxylic acids is 2. The molecule has 0 aliphatic rings. The first-order valence-corrected chi connectivity index (χ1v) is 19.9. The normalized spacial score (nSPS) is 12.6. The topological polar surface area (TPSA) is 171 Å². The maximum atomic E-state index is 14.2. The summed E-state index contributed by atoms with van der Waals surface area (Å²) in [5.41, 5.74) is 0.329. The van der Waals surface area contributed by atoms with Crippen LogP contribution in [0.1, 0.15) is 48.4 Å². The second-order valence-corrected chi connectivity index (χ2v) is 17.3. The third-order valence-electron chi connectivity index (χ3n) is 7.66. The number of fused-ring (bicyclic) bond motifs is 2. The number of benzene rings is 2. The van der Waals surface area contributed by atoms with Crippen molar-refractivity contribution < 1.29 is 31.0 Å². The summed E-state index contributed by atoms with van der Waals surface area (Å²) in [6.07, 6.45) is 12.3. The number of carbonyl (C=O) groups is 2. The fraction of sp³-hybridized carbons (Fsp3) is 0.278. The number of halogens is 2. The van der Waals surface area contributed by atoms with Crippen molar-refractivity contribution in [2.24, 2.45) is 0 Å². The lowest BCUT2D eigenvalue weighted by Crippen LogP contribution is -2.48. The highest BCUT2D eigenvalue weighted by Gasteiger charge is 2.28. The number of sulfone groups is 1. The Kier molecular flexibility index (Phi) is 11.2. The summed E-state index contributed by atoms with van der Waals surface area (Å²) in [6.45, 7) is 6.83. The lowest BCUT2D eigenvalue weighted by Gasteiger charge is -2.25. The molecule has 278 valence electrons. The molecule has 13 nitrogen and oxygen atoms in total. The third-order valence-corrected chi connectivity index (χ3v) is 10.0. The number of nitrogens with one attached hydrogen (secondary N) is 2. The highest BCUT2D eigenvalue weighted by Crippen LogP contribution is 2.25. The molecular weight excluding hydrogens is 727 g/mol. The molecule has 53 heavy (non-hydrogen) atoms. The SMILES string of the molecule is CC(C)(CS(C)(=O)=O)NC(=O)c1ccc(F)c2nn(-c3cccnc3)cc12.CS(=O)CC(C)(C)NC(=O)c1ccc(F)c2nn(-c3cccnc3)cc12. The van der Waals surface area contributed by atoms with Crippen molar-refractivity contribution in [3.63, 3.8) is 0 Å². The van der Waals surface area contributed by atoms with E-state index < -0.39 is 49.3 Å². The van der Waals surface area contributed by atoms with Crippen molar-refractivity contribution in [2.75, 3.05) is 24.0 Å². The Morgan fingerprint density at radius 1 is 0.755 bits per heavy atom. The fourth-order valence-corrected chi connectivity index (χ4v) is 8.24. The molecule has 4 heterocycles. The molecule has 0 aliphatic carbocycles. The number of aromatic nitrogens is 6. The number of amides is 2. The number of pyridine rings is 2. The Morgan fingerprint density at radius 2 is 1.19 bits per heavy atom. The van der Waals surface area contributed by atoms with Gasteiger partial charge < -0.3 is 10.6 Å². The van der Waals surface area contributed by atoms with Gasteiger partial charge in [-0.25, -0.2) is 26.6 Å². The van der Waals surface area contributed by atoms with Gasteiger partial charge in [-0.3, -0.25) is 23.8 Å². The number of hydrogen-bond donors (Lipinski definition) is 2. The van der Waals surface area contributed by atoms with Crippen LogP contribution in [0.25, 0.3) is 33.2 Å². The van der Waals surface area contributed by atoms with Crippen LogP contribution < -0.4 is 10.6 Å². The lowest BCUT2D eigenvalue weighted by molar-refractivity contribution is 0.0913. The highest BCUT2D eigenvalue weighted by molar-refractivity contribution is 7.90. The van der Waals surface area contributed by atoms with E-state index in [0.29, 0.717) is 33.5 Å². The van der Waals surface area contributed by atoms with Gasteiger partial charge in [-0.1, -0.05) is 0 Å². The van der Waals surface area contributed by atoms with Gasteiger partial charge in [0.05, 0.1) is 40.6 Å². The van der Waals surface area contributed by atoms with E-state index in [2.05, 4.69) is 30.8 Å². The van der Waals surface area contributed by atoms with E-state index in [9.17, 15) is 31.0 Å². The molecule has 6 aromatic rings. The average Bonchev–Trinajstić information content (AvgIpc) is 3.71. The van der Waals surface area contributed by atoms with Gasteiger partial charge in [-0.15, -0.1) is 0 Å². The van der Waals surface area contributed by atoms with Crippen molar-refractivity contribution in [1.82, 2.24) is 40.2 Å². The molecular formula is C36H38F2N8O5S2. The van der Waals surface area contributed by atoms with Crippen molar-refractivity contribution in [3.8, 4) is 11.4 Å². The van der Waals surface area contributed by atoms with Gasteiger partial charge in [-0.2, -0.15) is 10.2 Å². The smallest absolute Gasteiger partial charge is 0.252 e. The maximum absolute atomic E-state index is 14.2. The van der Waals surface area contributed by atoms with Crippen LogP contribution in [-0.4, -0.2) is 89.1 Å². The van der Waals surface area contributed by atoms with Crippen LogP contribution in [0.15, 0.2) is 85.7 Å². The van der Waals surface area contributed by atoms with E-state index in [0.717, 1.165) is 6.26 Å². The molecule has 0 saturated heterocycles. The van der Waals surface area contributed by atoms with Crippen molar-refractivity contribution in [2.45, 2.75) is 38.8 Å². The molecule has 0 saturated carbocycles. The quantitative estimate of drug-likeness (QED) is 0.203. The Morgan fingerprint density at radius 3 is 1.57 bits per heavy atom. The van der Waals surface area contributed by atoms with E-state index in [4.69, 9.17) is 0 Å².